The fourth-order valence-electron chi connectivity index (χ4n) is 2.59. The lowest BCUT2D eigenvalue weighted by Gasteiger charge is -2.15. The lowest BCUT2D eigenvalue weighted by molar-refractivity contribution is -0.107. The molecule has 1 aromatic heterocycles. The molecule has 0 fully saturated rings. The average molecular weight is 342 g/mol. The Balaban J connectivity index is 2.10. The molecule has 0 amide bonds. The van der Waals surface area contributed by atoms with Crippen LogP contribution in [0.2, 0.25) is 0 Å². The van der Waals surface area contributed by atoms with Crippen molar-refractivity contribution in [1.29, 1.82) is 0 Å². The lowest BCUT2D eigenvalue weighted by atomic mass is 10.1. The molecule has 0 radical (unpaired) electrons. The molecule has 0 bridgehead atoms. The van der Waals surface area contributed by atoms with E-state index >= 15 is 0 Å². The normalized spacial score (nSPS) is 11.5. The van der Waals surface area contributed by atoms with Crippen LogP contribution in [0.4, 0.5) is 0 Å². The number of fused-ring (bicyclic) bond motifs is 2. The molecule has 0 aliphatic rings. The summed E-state index contributed by atoms with van der Waals surface area (Å²) in [5.74, 6) is -0.266. The summed E-state index contributed by atoms with van der Waals surface area (Å²) < 4.78 is 12.5. The molecule has 2 aromatic carbocycles. The quantitative estimate of drug-likeness (QED) is 0.386. The fourth-order valence-corrected chi connectivity index (χ4v) is 3.65. The van der Waals surface area contributed by atoms with Crippen molar-refractivity contribution in [2.75, 3.05) is 13.2 Å². The second-order valence-electron chi connectivity index (χ2n) is 5.25. The van der Waals surface area contributed by atoms with Crippen molar-refractivity contribution in [3.05, 3.63) is 58.3 Å². The highest BCUT2D eigenvalue weighted by molar-refractivity contribution is 7.24. The Morgan fingerprint density at radius 3 is 2.38 bits per heavy atom. The Labute approximate surface area is 143 Å². The van der Waals surface area contributed by atoms with Crippen LogP contribution in [0, 0.1) is 0 Å². The third kappa shape index (κ3) is 3.11. The molecule has 0 saturated carbocycles. The zero-order valence-corrected chi connectivity index (χ0v) is 14.4. The number of hydrogen-bond acceptors (Lipinski definition) is 5. The first-order valence-corrected chi connectivity index (χ1v) is 8.70. The monoisotopic (exact) mass is 342 g/mol. The van der Waals surface area contributed by atoms with Crippen LogP contribution in [-0.4, -0.2) is 25.3 Å². The summed E-state index contributed by atoms with van der Waals surface area (Å²) in [5, 5.41) is 1.22. The second kappa shape index (κ2) is 7.21. The van der Waals surface area contributed by atoms with Crippen LogP contribution in [0.25, 0.3) is 20.2 Å². The van der Waals surface area contributed by atoms with Gasteiger partial charge in [-0.25, -0.2) is 0 Å². The van der Waals surface area contributed by atoms with E-state index in [2.05, 4.69) is 0 Å². The predicted octanol–water partition coefficient (Wildman–Crippen LogP) is 4.00. The van der Waals surface area contributed by atoms with E-state index in [1.807, 2.05) is 44.2 Å². The Morgan fingerprint density at radius 1 is 1.00 bits per heavy atom. The van der Waals surface area contributed by atoms with Crippen molar-refractivity contribution in [1.82, 2.24) is 0 Å². The molecule has 5 heteroatoms. The van der Waals surface area contributed by atoms with Gasteiger partial charge in [-0.1, -0.05) is 12.1 Å². The number of hydrogen-bond donors (Lipinski definition) is 0. The van der Waals surface area contributed by atoms with Gasteiger partial charge in [0.2, 0.25) is 12.1 Å². The van der Waals surface area contributed by atoms with Gasteiger partial charge in [-0.05, 0) is 44.2 Å². The summed E-state index contributed by atoms with van der Waals surface area (Å²) in [4.78, 5) is 25.3. The maximum absolute atomic E-state index is 12.7. The molecule has 0 saturated heterocycles. The largest absolute Gasteiger partial charge is 0.346 e. The van der Waals surface area contributed by atoms with Crippen LogP contribution < -0.4 is 5.43 Å². The third-order valence-electron chi connectivity index (χ3n) is 3.71. The average Bonchev–Trinajstić information content (AvgIpc) is 2.61. The topological polar surface area (TPSA) is 52.6 Å². The number of ketones is 1. The van der Waals surface area contributed by atoms with Crippen LogP contribution in [0.1, 0.15) is 24.2 Å². The summed E-state index contributed by atoms with van der Waals surface area (Å²) in [6.45, 7) is 4.37. The molecule has 0 spiro atoms. The number of benzene rings is 2. The summed E-state index contributed by atoms with van der Waals surface area (Å²) in [6, 6.07) is 12.7. The molecule has 0 atom stereocenters. The van der Waals surface area contributed by atoms with E-state index in [0.717, 1.165) is 9.40 Å². The van der Waals surface area contributed by atoms with Gasteiger partial charge in [0.25, 0.3) is 0 Å². The van der Waals surface area contributed by atoms with Crippen LogP contribution in [0.15, 0.2) is 47.3 Å². The van der Waals surface area contributed by atoms with Crippen LogP contribution >= 0.6 is 11.3 Å². The SMILES string of the molecule is CCOC(OCC)C(=O)c1ccc2sc3ccccc3c(=O)c2c1. The molecule has 0 unspecified atom stereocenters. The summed E-state index contributed by atoms with van der Waals surface area (Å²) >= 11 is 1.54. The summed E-state index contributed by atoms with van der Waals surface area (Å²) in [7, 11) is 0. The predicted molar refractivity (Wildman–Crippen MR) is 97.0 cm³/mol. The number of carbonyl (C=O) groups excluding carboxylic acids is 1. The molecule has 124 valence electrons. The Hall–Kier alpha value is -2.08. The first kappa shape index (κ1) is 16.8. The van der Waals surface area contributed by atoms with Crippen LogP contribution in [-0.2, 0) is 9.47 Å². The highest BCUT2D eigenvalue weighted by atomic mass is 32.1. The number of ether oxygens (including phenoxy) is 2. The van der Waals surface area contributed by atoms with Gasteiger partial charge < -0.3 is 9.47 Å². The molecule has 4 nitrogen and oxygen atoms in total. The molecular formula is C19H18O4S. The fraction of sp³-hybridized carbons (Fsp3) is 0.263. The van der Waals surface area contributed by atoms with E-state index in [0.29, 0.717) is 29.5 Å². The Bertz CT molecular complexity index is 939. The highest BCUT2D eigenvalue weighted by Gasteiger charge is 2.21. The van der Waals surface area contributed by atoms with Gasteiger partial charge in [0.05, 0.1) is 0 Å². The number of Topliss-reactive ketones (excluding diaryl/α,β-unsaturated/α-hetero) is 1. The third-order valence-corrected chi connectivity index (χ3v) is 4.86. The first-order valence-electron chi connectivity index (χ1n) is 7.88. The highest BCUT2D eigenvalue weighted by Crippen LogP contribution is 2.25. The van der Waals surface area contributed by atoms with Crippen molar-refractivity contribution in [2.24, 2.45) is 0 Å². The van der Waals surface area contributed by atoms with Gasteiger partial charge in [0, 0.05) is 38.9 Å². The molecule has 24 heavy (non-hydrogen) atoms. The first-order chi connectivity index (χ1) is 11.7. The maximum atomic E-state index is 12.7. The number of rotatable bonds is 6. The minimum atomic E-state index is -0.934. The summed E-state index contributed by atoms with van der Waals surface area (Å²) in [5.41, 5.74) is 0.368. The zero-order chi connectivity index (χ0) is 17.1. The van der Waals surface area contributed by atoms with Crippen molar-refractivity contribution in [3.8, 4) is 0 Å². The van der Waals surface area contributed by atoms with E-state index in [4.69, 9.17) is 9.47 Å². The number of carbonyl (C=O) groups is 1. The maximum Gasteiger partial charge on any atom is 0.222 e. The van der Waals surface area contributed by atoms with Gasteiger partial charge in [0.1, 0.15) is 0 Å². The van der Waals surface area contributed by atoms with E-state index in [1.165, 1.54) is 0 Å². The van der Waals surface area contributed by atoms with Gasteiger partial charge in [-0.15, -0.1) is 11.3 Å². The van der Waals surface area contributed by atoms with E-state index in [-0.39, 0.29) is 11.2 Å². The van der Waals surface area contributed by atoms with Crippen molar-refractivity contribution >= 4 is 37.3 Å². The van der Waals surface area contributed by atoms with E-state index in [1.54, 1.807) is 23.5 Å². The minimum absolute atomic E-state index is 0.0571. The van der Waals surface area contributed by atoms with Gasteiger partial charge in [0.15, 0.2) is 5.43 Å². The molecular weight excluding hydrogens is 324 g/mol. The Morgan fingerprint density at radius 2 is 1.67 bits per heavy atom. The van der Waals surface area contributed by atoms with Crippen molar-refractivity contribution in [3.63, 3.8) is 0 Å². The van der Waals surface area contributed by atoms with Crippen LogP contribution in [0.5, 0.6) is 0 Å². The molecule has 0 aliphatic carbocycles. The lowest BCUT2D eigenvalue weighted by Crippen LogP contribution is -2.27. The Kier molecular flexibility index (Phi) is 5.04. The van der Waals surface area contributed by atoms with Gasteiger partial charge >= 0.3 is 0 Å². The standard InChI is InChI=1S/C19H18O4S/c1-3-22-19(23-4-2)17(20)12-9-10-16-14(11-12)18(21)13-7-5-6-8-15(13)24-16/h5-11,19H,3-4H2,1-2H3. The smallest absolute Gasteiger partial charge is 0.222 e. The summed E-state index contributed by atoms with van der Waals surface area (Å²) in [6.07, 6.45) is -0.934. The van der Waals surface area contributed by atoms with Crippen molar-refractivity contribution in [2.45, 2.75) is 20.1 Å². The van der Waals surface area contributed by atoms with Crippen molar-refractivity contribution < 1.29 is 14.3 Å². The molecule has 3 aromatic rings. The molecule has 0 N–H and O–H groups in total. The zero-order valence-electron chi connectivity index (χ0n) is 13.6. The second-order valence-corrected chi connectivity index (χ2v) is 6.33. The van der Waals surface area contributed by atoms with Gasteiger partial charge in [-0.2, -0.15) is 0 Å². The van der Waals surface area contributed by atoms with E-state index in [9.17, 15) is 9.59 Å². The van der Waals surface area contributed by atoms with Crippen LogP contribution in [0.3, 0.4) is 0 Å². The van der Waals surface area contributed by atoms with E-state index < -0.39 is 6.29 Å². The minimum Gasteiger partial charge on any atom is -0.346 e. The van der Waals surface area contributed by atoms with Gasteiger partial charge in [-0.3, -0.25) is 9.59 Å². The molecule has 0 aliphatic heterocycles. The molecule has 1 heterocycles. The molecule has 3 rings (SSSR count).